The number of nitrogens with zero attached hydrogens (tertiary/aromatic N) is 1. The third-order valence-corrected chi connectivity index (χ3v) is 3.17. The van der Waals surface area contributed by atoms with Crippen LogP contribution >= 0.6 is 22.6 Å². The summed E-state index contributed by atoms with van der Waals surface area (Å²) < 4.78 is 1.23. The van der Waals surface area contributed by atoms with Gasteiger partial charge in [0, 0.05) is 11.0 Å². The number of rotatable bonds is 3. The van der Waals surface area contributed by atoms with E-state index < -0.39 is 0 Å². The fourth-order valence-electron chi connectivity index (χ4n) is 0.898. The van der Waals surface area contributed by atoms with Gasteiger partial charge in [0.1, 0.15) is 0 Å². The van der Waals surface area contributed by atoms with Gasteiger partial charge in [-0.05, 0) is 19.5 Å². The summed E-state index contributed by atoms with van der Waals surface area (Å²) in [5.41, 5.74) is 0.476. The average molecular weight is 241 g/mol. The SMILES string of the molecule is CN(C)CC(C)(C)CI. The zero-order valence-electron chi connectivity index (χ0n) is 6.74. The molecule has 1 nitrogen and oxygen atoms in total. The smallest absolute Gasteiger partial charge is 0.00589 e. The molecule has 0 spiro atoms. The minimum atomic E-state index is 0.476. The van der Waals surface area contributed by atoms with Crippen molar-refractivity contribution in [3.05, 3.63) is 0 Å². The van der Waals surface area contributed by atoms with Crippen molar-refractivity contribution in [2.45, 2.75) is 13.8 Å². The Morgan fingerprint density at radius 2 is 1.78 bits per heavy atom. The molecule has 0 bridgehead atoms. The largest absolute Gasteiger partial charge is 0.309 e. The summed E-state index contributed by atoms with van der Waals surface area (Å²) in [5.74, 6) is 0. The van der Waals surface area contributed by atoms with E-state index in [1.165, 1.54) is 11.0 Å². The third kappa shape index (κ3) is 5.15. The van der Waals surface area contributed by atoms with Gasteiger partial charge in [0.15, 0.2) is 0 Å². The Labute approximate surface area is 72.0 Å². The summed E-state index contributed by atoms with van der Waals surface area (Å²) >= 11 is 2.44. The topological polar surface area (TPSA) is 3.24 Å². The molecule has 0 atom stereocenters. The lowest BCUT2D eigenvalue weighted by Gasteiger charge is -2.25. The van der Waals surface area contributed by atoms with Crippen LogP contribution in [0, 0.1) is 5.41 Å². The van der Waals surface area contributed by atoms with E-state index in [0.717, 1.165) is 0 Å². The molecule has 0 heterocycles. The second-order valence-electron chi connectivity index (χ2n) is 3.54. The van der Waals surface area contributed by atoms with Crippen LogP contribution in [-0.2, 0) is 0 Å². The Hall–Kier alpha value is 0.690. The molecular weight excluding hydrogens is 225 g/mol. The molecule has 0 rings (SSSR count). The second-order valence-corrected chi connectivity index (χ2v) is 4.30. The van der Waals surface area contributed by atoms with Gasteiger partial charge in [-0.1, -0.05) is 36.4 Å². The Kier molecular flexibility index (Phi) is 4.05. The number of hydrogen-bond donors (Lipinski definition) is 0. The van der Waals surface area contributed by atoms with Crippen molar-refractivity contribution in [1.29, 1.82) is 0 Å². The molecule has 0 aromatic carbocycles. The minimum Gasteiger partial charge on any atom is -0.309 e. The van der Waals surface area contributed by atoms with E-state index in [-0.39, 0.29) is 0 Å². The van der Waals surface area contributed by atoms with Gasteiger partial charge in [0.25, 0.3) is 0 Å². The quantitative estimate of drug-likeness (QED) is 0.539. The predicted molar refractivity (Wildman–Crippen MR) is 51.2 cm³/mol. The molecule has 0 saturated carbocycles. The van der Waals surface area contributed by atoms with Crippen LogP contribution in [0.25, 0.3) is 0 Å². The van der Waals surface area contributed by atoms with E-state index in [2.05, 4.69) is 55.4 Å². The van der Waals surface area contributed by atoms with E-state index >= 15 is 0 Å². The summed E-state index contributed by atoms with van der Waals surface area (Å²) in [4.78, 5) is 2.23. The van der Waals surface area contributed by atoms with Gasteiger partial charge >= 0.3 is 0 Å². The fraction of sp³-hybridized carbons (Fsp3) is 1.00. The van der Waals surface area contributed by atoms with Crippen LogP contribution < -0.4 is 0 Å². The van der Waals surface area contributed by atoms with E-state index in [1.54, 1.807) is 0 Å². The van der Waals surface area contributed by atoms with Crippen LogP contribution in [0.4, 0.5) is 0 Å². The first-order valence-electron chi connectivity index (χ1n) is 3.19. The average Bonchev–Trinajstić information content (AvgIpc) is 1.63. The van der Waals surface area contributed by atoms with Crippen LogP contribution in [0.15, 0.2) is 0 Å². The Morgan fingerprint density at radius 3 is 1.89 bits per heavy atom. The van der Waals surface area contributed by atoms with E-state index in [0.29, 0.717) is 5.41 Å². The molecular formula is C7H16IN. The van der Waals surface area contributed by atoms with Gasteiger partial charge in [0.2, 0.25) is 0 Å². The molecule has 0 aliphatic carbocycles. The van der Waals surface area contributed by atoms with Crippen molar-refractivity contribution in [2.24, 2.45) is 5.41 Å². The summed E-state index contributed by atoms with van der Waals surface area (Å²) in [7, 11) is 4.24. The molecule has 2 heteroatoms. The number of halogens is 1. The molecule has 0 N–H and O–H groups in total. The summed E-state index contributed by atoms with van der Waals surface area (Å²) in [6, 6.07) is 0. The molecule has 0 aromatic rings. The van der Waals surface area contributed by atoms with E-state index in [4.69, 9.17) is 0 Å². The number of hydrogen-bond acceptors (Lipinski definition) is 1. The Morgan fingerprint density at radius 1 is 1.33 bits per heavy atom. The molecule has 56 valence electrons. The molecule has 0 saturated heterocycles. The van der Waals surface area contributed by atoms with Crippen LogP contribution in [-0.4, -0.2) is 30.0 Å². The summed E-state index contributed by atoms with van der Waals surface area (Å²) in [6.07, 6.45) is 0. The zero-order valence-corrected chi connectivity index (χ0v) is 8.90. The van der Waals surface area contributed by atoms with Crippen molar-refractivity contribution >= 4 is 22.6 Å². The highest BCUT2D eigenvalue weighted by Crippen LogP contribution is 2.18. The van der Waals surface area contributed by atoms with Crippen LogP contribution in [0.5, 0.6) is 0 Å². The first-order chi connectivity index (χ1) is 3.98. The lowest BCUT2D eigenvalue weighted by molar-refractivity contribution is 0.271. The fourth-order valence-corrected chi connectivity index (χ4v) is 1.14. The monoisotopic (exact) mass is 241 g/mol. The maximum absolute atomic E-state index is 2.44. The van der Waals surface area contributed by atoms with Crippen molar-refractivity contribution in [3.8, 4) is 0 Å². The molecule has 0 aliphatic heterocycles. The molecule has 9 heavy (non-hydrogen) atoms. The highest BCUT2D eigenvalue weighted by molar-refractivity contribution is 14.1. The molecule has 0 unspecified atom stereocenters. The first-order valence-corrected chi connectivity index (χ1v) is 4.71. The van der Waals surface area contributed by atoms with Gasteiger partial charge in [0.05, 0.1) is 0 Å². The Bertz CT molecular complexity index is 79.0. The molecule has 0 amide bonds. The van der Waals surface area contributed by atoms with Gasteiger partial charge in [-0.15, -0.1) is 0 Å². The highest BCUT2D eigenvalue weighted by Gasteiger charge is 2.15. The maximum Gasteiger partial charge on any atom is 0.00589 e. The predicted octanol–water partition coefficient (Wildman–Crippen LogP) is 2.01. The zero-order chi connectivity index (χ0) is 7.49. The van der Waals surface area contributed by atoms with Crippen LogP contribution in [0.1, 0.15) is 13.8 Å². The second kappa shape index (κ2) is 3.76. The highest BCUT2D eigenvalue weighted by atomic mass is 127. The molecule has 0 fully saturated rings. The molecule has 0 aromatic heterocycles. The van der Waals surface area contributed by atoms with E-state index in [1.807, 2.05) is 0 Å². The van der Waals surface area contributed by atoms with Crippen molar-refractivity contribution in [3.63, 3.8) is 0 Å². The normalized spacial score (nSPS) is 12.7. The lowest BCUT2D eigenvalue weighted by Crippen LogP contribution is -2.29. The maximum atomic E-state index is 2.44. The Balaban J connectivity index is 3.58. The minimum absolute atomic E-state index is 0.476. The van der Waals surface area contributed by atoms with Crippen LogP contribution in [0.3, 0.4) is 0 Å². The standard InChI is InChI=1S/C7H16IN/c1-7(2,5-8)6-9(3)4/h5-6H2,1-4H3. The summed E-state index contributed by atoms with van der Waals surface area (Å²) in [6.45, 7) is 5.76. The van der Waals surface area contributed by atoms with Crippen molar-refractivity contribution < 1.29 is 0 Å². The molecule has 0 radical (unpaired) electrons. The van der Waals surface area contributed by atoms with Gasteiger partial charge in [-0.3, -0.25) is 0 Å². The lowest BCUT2D eigenvalue weighted by atomic mass is 9.96. The van der Waals surface area contributed by atoms with Gasteiger partial charge in [-0.2, -0.15) is 0 Å². The number of alkyl halides is 1. The van der Waals surface area contributed by atoms with Crippen molar-refractivity contribution in [2.75, 3.05) is 25.1 Å². The first kappa shape index (κ1) is 9.69. The van der Waals surface area contributed by atoms with Crippen molar-refractivity contribution in [1.82, 2.24) is 4.90 Å². The summed E-state index contributed by atoms with van der Waals surface area (Å²) in [5, 5.41) is 0. The van der Waals surface area contributed by atoms with Crippen LogP contribution in [0.2, 0.25) is 0 Å². The van der Waals surface area contributed by atoms with Gasteiger partial charge in [-0.25, -0.2) is 0 Å². The van der Waals surface area contributed by atoms with Gasteiger partial charge < -0.3 is 4.90 Å². The molecule has 0 aliphatic rings. The third-order valence-electron chi connectivity index (χ3n) is 1.11. The van der Waals surface area contributed by atoms with E-state index in [9.17, 15) is 0 Å².